The fourth-order valence-corrected chi connectivity index (χ4v) is 5.27. The number of hydrogen-bond acceptors (Lipinski definition) is 3. The normalized spacial score (nSPS) is 18.5. The van der Waals surface area contributed by atoms with Gasteiger partial charge in [0, 0.05) is 24.9 Å². The number of allylic oxidation sites excluding steroid dienone is 1. The third-order valence-corrected chi connectivity index (χ3v) is 6.98. The zero-order valence-corrected chi connectivity index (χ0v) is 19.4. The first-order valence-corrected chi connectivity index (χ1v) is 12.1. The average Bonchev–Trinajstić information content (AvgIpc) is 3.56. The van der Waals surface area contributed by atoms with Crippen LogP contribution in [0.2, 0.25) is 0 Å². The third kappa shape index (κ3) is 3.58. The summed E-state index contributed by atoms with van der Waals surface area (Å²) in [6.45, 7) is 3.54. The summed E-state index contributed by atoms with van der Waals surface area (Å²) in [4.78, 5) is 4.90. The van der Waals surface area contributed by atoms with Gasteiger partial charge in [-0.15, -0.1) is 0 Å². The number of nitrogens with zero attached hydrogens (tertiary/aromatic N) is 3. The monoisotopic (exact) mass is 445 g/mol. The molecule has 1 aromatic heterocycles. The maximum absolute atomic E-state index is 9.23. The van der Waals surface area contributed by atoms with Crippen molar-refractivity contribution in [3.05, 3.63) is 100 Å². The molecule has 0 amide bonds. The number of hydrogen-bond donors (Lipinski definition) is 0. The molecule has 0 bridgehead atoms. The number of rotatable bonds is 5. The summed E-state index contributed by atoms with van der Waals surface area (Å²) in [5.74, 6) is 2.44. The number of fused-ring (bicyclic) bond motifs is 3. The molecule has 0 saturated heterocycles. The second-order valence-corrected chi connectivity index (χ2v) is 9.29. The van der Waals surface area contributed by atoms with Gasteiger partial charge in [-0.3, -0.25) is 0 Å². The zero-order valence-electron chi connectivity index (χ0n) is 19.4. The lowest BCUT2D eigenvalue weighted by Gasteiger charge is -2.14. The topological polar surface area (TPSA) is 50.8 Å². The van der Waals surface area contributed by atoms with Gasteiger partial charge in [-0.25, -0.2) is 4.98 Å². The van der Waals surface area contributed by atoms with E-state index in [-0.39, 0.29) is 0 Å². The van der Waals surface area contributed by atoms with Crippen LogP contribution in [0.3, 0.4) is 0 Å². The zero-order chi connectivity index (χ0) is 23.1. The van der Waals surface area contributed by atoms with E-state index in [1.54, 1.807) is 0 Å². The molecule has 0 N–H and O–H groups in total. The van der Waals surface area contributed by atoms with Crippen LogP contribution < -0.4 is 4.74 Å². The highest BCUT2D eigenvalue weighted by Gasteiger charge is 2.35. The molecule has 168 valence electrons. The number of para-hydroxylation sites is 3. The molecule has 4 nitrogen and oxygen atoms in total. The van der Waals surface area contributed by atoms with Crippen molar-refractivity contribution in [1.29, 1.82) is 5.26 Å². The lowest BCUT2D eigenvalue weighted by Crippen LogP contribution is -2.06. The largest absolute Gasteiger partial charge is 0.488 e. The summed E-state index contributed by atoms with van der Waals surface area (Å²) in [6.07, 6.45) is 3.62. The fourth-order valence-electron chi connectivity index (χ4n) is 5.27. The molecule has 1 aliphatic carbocycles. The van der Waals surface area contributed by atoms with Crippen molar-refractivity contribution in [2.45, 2.75) is 45.8 Å². The van der Waals surface area contributed by atoms with Crippen molar-refractivity contribution in [2.24, 2.45) is 5.92 Å². The highest BCUT2D eigenvalue weighted by atomic mass is 16.5. The number of nitriles is 1. The fraction of sp³-hybridized carbons (Fsp3) is 0.267. The van der Waals surface area contributed by atoms with E-state index in [4.69, 9.17) is 9.72 Å². The summed E-state index contributed by atoms with van der Waals surface area (Å²) < 4.78 is 8.64. The number of aryl methyl sites for hydroxylation is 1. The second kappa shape index (κ2) is 8.50. The third-order valence-electron chi connectivity index (χ3n) is 6.98. The van der Waals surface area contributed by atoms with Crippen molar-refractivity contribution in [3.8, 4) is 11.8 Å². The highest BCUT2D eigenvalue weighted by Crippen LogP contribution is 2.50. The first-order chi connectivity index (χ1) is 16.8. The van der Waals surface area contributed by atoms with Gasteiger partial charge in [-0.2, -0.15) is 5.26 Å². The van der Waals surface area contributed by atoms with Crippen molar-refractivity contribution < 1.29 is 4.74 Å². The molecule has 2 heterocycles. The van der Waals surface area contributed by atoms with Crippen molar-refractivity contribution in [1.82, 2.24) is 9.55 Å². The quantitative estimate of drug-likeness (QED) is 0.345. The van der Waals surface area contributed by atoms with Gasteiger partial charge >= 0.3 is 0 Å². The summed E-state index contributed by atoms with van der Waals surface area (Å²) in [5.41, 5.74) is 9.76. The molecule has 1 fully saturated rings. The number of imidazole rings is 1. The lowest BCUT2D eigenvalue weighted by molar-refractivity contribution is 0.307. The second-order valence-electron chi connectivity index (χ2n) is 9.29. The Morgan fingerprint density at radius 1 is 1.06 bits per heavy atom. The maximum Gasteiger partial charge on any atom is 0.127 e. The predicted molar refractivity (Wildman–Crippen MR) is 134 cm³/mol. The van der Waals surface area contributed by atoms with Crippen LogP contribution in [0.25, 0.3) is 16.6 Å². The Balaban J connectivity index is 1.42. The Bertz CT molecular complexity index is 1470. The van der Waals surface area contributed by atoms with Gasteiger partial charge in [0.1, 0.15) is 18.2 Å². The van der Waals surface area contributed by atoms with Gasteiger partial charge in [0.25, 0.3) is 0 Å². The number of benzene rings is 3. The van der Waals surface area contributed by atoms with Gasteiger partial charge in [0.15, 0.2) is 0 Å². The Labute approximate surface area is 200 Å². The summed E-state index contributed by atoms with van der Waals surface area (Å²) in [6, 6.07) is 25.9. The smallest absolute Gasteiger partial charge is 0.127 e. The Morgan fingerprint density at radius 2 is 1.91 bits per heavy atom. The van der Waals surface area contributed by atoms with Crippen LogP contribution in [0, 0.1) is 17.2 Å². The standard InChI is InChI=1S/C30H27N3O/c1-2-7-29-32-26-9-4-5-10-27(26)33(29)18-20-12-13-23-22(16-20)19-34-28-11-6-3-8-24(28)30(23)25-17-21(25)14-15-31/h3-6,8-13,16,21H,2,7,14,17-19H2,1H3/b30-25+. The van der Waals surface area contributed by atoms with Crippen LogP contribution in [-0.2, 0) is 19.6 Å². The molecular weight excluding hydrogens is 418 g/mol. The van der Waals surface area contributed by atoms with E-state index in [9.17, 15) is 5.26 Å². The average molecular weight is 446 g/mol. The molecule has 2 aliphatic rings. The maximum atomic E-state index is 9.23. The molecule has 0 spiro atoms. The van der Waals surface area contributed by atoms with Crippen LogP contribution in [0.4, 0.5) is 0 Å². The van der Waals surface area contributed by atoms with Crippen LogP contribution in [0.1, 0.15) is 54.3 Å². The highest BCUT2D eigenvalue weighted by molar-refractivity contribution is 5.89. The van der Waals surface area contributed by atoms with Crippen molar-refractivity contribution in [2.75, 3.05) is 0 Å². The van der Waals surface area contributed by atoms with E-state index in [1.807, 2.05) is 6.07 Å². The first kappa shape index (κ1) is 20.7. The van der Waals surface area contributed by atoms with E-state index in [0.717, 1.165) is 48.5 Å². The van der Waals surface area contributed by atoms with E-state index in [0.29, 0.717) is 18.9 Å². The molecule has 4 aromatic rings. The minimum atomic E-state index is 0.368. The van der Waals surface area contributed by atoms with Crippen LogP contribution >= 0.6 is 0 Å². The Hall–Kier alpha value is -3.84. The van der Waals surface area contributed by atoms with Gasteiger partial charge < -0.3 is 9.30 Å². The van der Waals surface area contributed by atoms with E-state index in [1.165, 1.54) is 33.4 Å². The van der Waals surface area contributed by atoms with Crippen molar-refractivity contribution >= 4 is 16.6 Å². The van der Waals surface area contributed by atoms with Gasteiger partial charge in [0.2, 0.25) is 0 Å². The molecule has 1 aliphatic heterocycles. The molecule has 1 atom stereocenters. The molecule has 34 heavy (non-hydrogen) atoms. The molecule has 1 saturated carbocycles. The molecule has 1 unspecified atom stereocenters. The molecule has 6 rings (SSSR count). The molecular formula is C30H27N3O. The minimum Gasteiger partial charge on any atom is -0.488 e. The van der Waals surface area contributed by atoms with E-state index < -0.39 is 0 Å². The van der Waals surface area contributed by atoms with Crippen LogP contribution in [0.5, 0.6) is 5.75 Å². The number of aromatic nitrogens is 2. The Morgan fingerprint density at radius 3 is 2.79 bits per heavy atom. The minimum absolute atomic E-state index is 0.368. The van der Waals surface area contributed by atoms with Crippen LogP contribution in [-0.4, -0.2) is 9.55 Å². The van der Waals surface area contributed by atoms with Gasteiger partial charge in [-0.05, 0) is 65.3 Å². The first-order valence-electron chi connectivity index (χ1n) is 12.1. The molecule has 0 radical (unpaired) electrons. The predicted octanol–water partition coefficient (Wildman–Crippen LogP) is 6.66. The van der Waals surface area contributed by atoms with Crippen molar-refractivity contribution in [3.63, 3.8) is 0 Å². The lowest BCUT2D eigenvalue weighted by atomic mass is 9.91. The Kier molecular flexibility index (Phi) is 5.19. The van der Waals surface area contributed by atoms with Gasteiger partial charge in [-0.1, -0.05) is 55.0 Å². The number of ether oxygens (including phenoxy) is 1. The summed E-state index contributed by atoms with van der Waals surface area (Å²) in [7, 11) is 0. The van der Waals surface area contributed by atoms with E-state index >= 15 is 0 Å². The molecule has 4 heteroatoms. The molecule has 3 aromatic carbocycles. The van der Waals surface area contributed by atoms with Crippen LogP contribution in [0.15, 0.2) is 72.3 Å². The SMILES string of the molecule is CCCc1nc2ccccc2n1Cc1ccc2c(c1)COc1ccccc1/C2=C1\CC1CC#N. The van der Waals surface area contributed by atoms with E-state index in [2.05, 4.69) is 78.2 Å². The van der Waals surface area contributed by atoms with Gasteiger partial charge in [0.05, 0.1) is 17.1 Å². The summed E-state index contributed by atoms with van der Waals surface area (Å²) >= 11 is 0. The summed E-state index contributed by atoms with van der Waals surface area (Å²) in [5, 5.41) is 9.23.